The summed E-state index contributed by atoms with van der Waals surface area (Å²) in [5.74, 6) is 0. The Kier molecular flexibility index (Phi) is 3.59. The first-order chi connectivity index (χ1) is 8.27. The van der Waals surface area contributed by atoms with E-state index in [2.05, 4.69) is 31.1 Å². The molecule has 0 spiro atoms. The molecule has 3 heteroatoms. The number of aromatic nitrogens is 2. The Morgan fingerprint density at radius 2 is 2.06 bits per heavy atom. The van der Waals surface area contributed by atoms with Gasteiger partial charge in [0.2, 0.25) is 0 Å². The van der Waals surface area contributed by atoms with Gasteiger partial charge in [0, 0.05) is 17.8 Å². The van der Waals surface area contributed by atoms with Crippen LogP contribution in [0.2, 0.25) is 0 Å². The Morgan fingerprint density at radius 1 is 1.29 bits per heavy atom. The van der Waals surface area contributed by atoms with Crippen molar-refractivity contribution >= 4 is 0 Å². The molecule has 17 heavy (non-hydrogen) atoms. The fraction of sp³-hybridized carbons (Fsp3) is 0.357. The molecule has 1 aromatic heterocycles. The molecule has 3 nitrogen and oxygen atoms in total. The van der Waals surface area contributed by atoms with Crippen molar-refractivity contribution in [3.05, 3.63) is 47.3 Å². The first kappa shape index (κ1) is 11.9. The van der Waals surface area contributed by atoms with Crippen LogP contribution in [0.5, 0.6) is 0 Å². The maximum absolute atomic E-state index is 5.76. The number of nitrogens with zero attached hydrogens (tertiary/aromatic N) is 2. The normalized spacial score (nSPS) is 10.8. The van der Waals surface area contributed by atoms with Crippen molar-refractivity contribution in [3.8, 4) is 5.69 Å². The van der Waals surface area contributed by atoms with Gasteiger partial charge < -0.3 is 5.73 Å². The lowest BCUT2D eigenvalue weighted by Crippen LogP contribution is -2.07. The van der Waals surface area contributed by atoms with Gasteiger partial charge in [-0.05, 0) is 25.0 Å². The predicted octanol–water partition coefficient (Wildman–Crippen LogP) is 2.59. The molecule has 1 heterocycles. The summed E-state index contributed by atoms with van der Waals surface area (Å²) in [4.78, 5) is 0. The molecular formula is C14H19N3. The quantitative estimate of drug-likeness (QED) is 0.875. The Hall–Kier alpha value is -1.61. The first-order valence-corrected chi connectivity index (χ1v) is 6.09. The minimum absolute atomic E-state index is 0.557. The molecule has 2 N–H and O–H groups in total. The molecule has 90 valence electrons. The topological polar surface area (TPSA) is 43.8 Å². The van der Waals surface area contributed by atoms with Gasteiger partial charge in [-0.15, -0.1) is 0 Å². The van der Waals surface area contributed by atoms with E-state index in [9.17, 15) is 0 Å². The lowest BCUT2D eigenvalue weighted by Gasteiger charge is -2.10. The molecule has 0 saturated heterocycles. The second-order valence-corrected chi connectivity index (χ2v) is 4.27. The number of nitrogens with two attached hydrogens (primary N) is 1. The Bertz CT molecular complexity index is 500. The monoisotopic (exact) mass is 229 g/mol. The molecule has 0 aliphatic rings. The number of hydrogen-bond donors (Lipinski definition) is 1. The molecule has 0 aliphatic heterocycles. The van der Waals surface area contributed by atoms with Crippen LogP contribution < -0.4 is 5.73 Å². The lowest BCUT2D eigenvalue weighted by atomic mass is 10.1. The highest BCUT2D eigenvalue weighted by molar-refractivity contribution is 5.41. The molecule has 0 bridgehead atoms. The van der Waals surface area contributed by atoms with Crippen LogP contribution >= 0.6 is 0 Å². The van der Waals surface area contributed by atoms with Gasteiger partial charge in [0.1, 0.15) is 0 Å². The van der Waals surface area contributed by atoms with Gasteiger partial charge in [0.05, 0.1) is 11.9 Å². The predicted molar refractivity (Wildman–Crippen MR) is 70.2 cm³/mol. The van der Waals surface area contributed by atoms with E-state index in [0.29, 0.717) is 6.54 Å². The third-order valence-corrected chi connectivity index (χ3v) is 3.01. The van der Waals surface area contributed by atoms with E-state index in [1.54, 1.807) is 0 Å². The fourth-order valence-electron chi connectivity index (χ4n) is 2.09. The number of benzene rings is 1. The van der Waals surface area contributed by atoms with Gasteiger partial charge in [-0.1, -0.05) is 31.5 Å². The van der Waals surface area contributed by atoms with Crippen LogP contribution in [0.3, 0.4) is 0 Å². The Labute approximate surface area is 102 Å². The number of para-hydroxylation sites is 1. The Morgan fingerprint density at radius 3 is 2.71 bits per heavy atom. The van der Waals surface area contributed by atoms with E-state index in [1.165, 1.54) is 11.3 Å². The van der Waals surface area contributed by atoms with Crippen LogP contribution in [0, 0.1) is 6.92 Å². The fourth-order valence-corrected chi connectivity index (χ4v) is 2.09. The van der Waals surface area contributed by atoms with Gasteiger partial charge in [0.25, 0.3) is 0 Å². The first-order valence-electron chi connectivity index (χ1n) is 6.09. The second kappa shape index (κ2) is 5.15. The zero-order chi connectivity index (χ0) is 12.3. The molecule has 2 rings (SSSR count). The summed E-state index contributed by atoms with van der Waals surface area (Å²) in [6.45, 7) is 4.84. The molecule has 0 saturated carbocycles. The summed E-state index contributed by atoms with van der Waals surface area (Å²) in [6, 6.07) is 8.30. The van der Waals surface area contributed by atoms with Crippen molar-refractivity contribution in [3.63, 3.8) is 0 Å². The third-order valence-electron chi connectivity index (χ3n) is 3.01. The SMILES string of the molecule is CCCc1c(CN)cnn1-c1ccccc1C. The van der Waals surface area contributed by atoms with E-state index in [1.807, 2.05) is 23.0 Å². The van der Waals surface area contributed by atoms with Crippen molar-refractivity contribution < 1.29 is 0 Å². The van der Waals surface area contributed by atoms with Crippen molar-refractivity contribution in [2.24, 2.45) is 5.73 Å². The molecule has 0 radical (unpaired) electrons. The van der Waals surface area contributed by atoms with Crippen LogP contribution in [0.1, 0.15) is 30.2 Å². The number of aryl methyl sites for hydroxylation is 1. The maximum atomic E-state index is 5.76. The van der Waals surface area contributed by atoms with Crippen molar-refractivity contribution in [2.45, 2.75) is 33.2 Å². The van der Waals surface area contributed by atoms with Crippen molar-refractivity contribution in [2.75, 3.05) is 0 Å². The summed E-state index contributed by atoms with van der Waals surface area (Å²) < 4.78 is 2.03. The molecular weight excluding hydrogens is 210 g/mol. The zero-order valence-corrected chi connectivity index (χ0v) is 10.5. The van der Waals surface area contributed by atoms with E-state index < -0.39 is 0 Å². The smallest absolute Gasteiger partial charge is 0.0678 e. The van der Waals surface area contributed by atoms with Crippen molar-refractivity contribution in [1.82, 2.24) is 9.78 Å². The largest absolute Gasteiger partial charge is 0.326 e. The minimum atomic E-state index is 0.557. The lowest BCUT2D eigenvalue weighted by molar-refractivity contribution is 0.764. The van der Waals surface area contributed by atoms with Crippen LogP contribution in [-0.4, -0.2) is 9.78 Å². The van der Waals surface area contributed by atoms with Gasteiger partial charge >= 0.3 is 0 Å². The second-order valence-electron chi connectivity index (χ2n) is 4.27. The van der Waals surface area contributed by atoms with Gasteiger partial charge in [-0.3, -0.25) is 0 Å². The highest BCUT2D eigenvalue weighted by Gasteiger charge is 2.11. The summed E-state index contributed by atoms with van der Waals surface area (Å²) >= 11 is 0. The van der Waals surface area contributed by atoms with Gasteiger partial charge in [-0.2, -0.15) is 5.10 Å². The summed E-state index contributed by atoms with van der Waals surface area (Å²) in [6.07, 6.45) is 4.00. The highest BCUT2D eigenvalue weighted by Crippen LogP contribution is 2.19. The number of hydrogen-bond acceptors (Lipinski definition) is 2. The molecule has 0 atom stereocenters. The number of rotatable bonds is 4. The van der Waals surface area contributed by atoms with Crippen LogP contribution in [-0.2, 0) is 13.0 Å². The van der Waals surface area contributed by atoms with E-state index in [-0.39, 0.29) is 0 Å². The maximum Gasteiger partial charge on any atom is 0.0678 e. The summed E-state index contributed by atoms with van der Waals surface area (Å²) in [5.41, 5.74) is 10.5. The molecule has 2 aromatic rings. The van der Waals surface area contributed by atoms with E-state index in [4.69, 9.17) is 5.73 Å². The van der Waals surface area contributed by atoms with Crippen LogP contribution in [0.15, 0.2) is 30.5 Å². The van der Waals surface area contributed by atoms with E-state index in [0.717, 1.165) is 24.1 Å². The average molecular weight is 229 g/mol. The summed E-state index contributed by atoms with van der Waals surface area (Å²) in [5, 5.41) is 4.47. The van der Waals surface area contributed by atoms with Crippen LogP contribution in [0.25, 0.3) is 5.69 Å². The molecule has 0 fully saturated rings. The summed E-state index contributed by atoms with van der Waals surface area (Å²) in [7, 11) is 0. The zero-order valence-electron chi connectivity index (χ0n) is 10.5. The third kappa shape index (κ3) is 2.24. The van der Waals surface area contributed by atoms with Crippen molar-refractivity contribution in [1.29, 1.82) is 0 Å². The molecule has 0 unspecified atom stereocenters. The van der Waals surface area contributed by atoms with Gasteiger partial charge in [0.15, 0.2) is 0 Å². The van der Waals surface area contributed by atoms with Gasteiger partial charge in [-0.25, -0.2) is 4.68 Å². The highest BCUT2D eigenvalue weighted by atomic mass is 15.3. The minimum Gasteiger partial charge on any atom is -0.326 e. The molecule has 0 amide bonds. The molecule has 1 aromatic carbocycles. The van der Waals surface area contributed by atoms with E-state index >= 15 is 0 Å². The average Bonchev–Trinajstić information content (AvgIpc) is 2.73. The van der Waals surface area contributed by atoms with Crippen LogP contribution in [0.4, 0.5) is 0 Å². The Balaban J connectivity index is 2.52. The molecule has 0 aliphatic carbocycles. The standard InChI is InChI=1S/C14H19N3/c1-3-6-14-12(9-15)10-16-17(14)13-8-5-4-7-11(13)2/h4-5,7-8,10H,3,6,9,15H2,1-2H3.